The largest absolute Gasteiger partial charge is 0.472 e. The summed E-state index contributed by atoms with van der Waals surface area (Å²) < 4.78 is 33.8. The molecule has 0 bridgehead atoms. The maximum atomic E-state index is 12.9. The number of phosphoric ester groups is 1. The molecule has 0 aromatic carbocycles. The summed E-state index contributed by atoms with van der Waals surface area (Å²) >= 11 is 0. The van der Waals surface area contributed by atoms with Gasteiger partial charge in [0.15, 0.2) is 6.10 Å². The molecular weight excluding hydrogens is 924 g/mol. The highest BCUT2D eigenvalue weighted by Gasteiger charge is 2.51. The van der Waals surface area contributed by atoms with Crippen LogP contribution in [0.15, 0.2) is 0 Å². The molecule has 0 saturated heterocycles. The van der Waals surface area contributed by atoms with Crippen LogP contribution in [-0.2, 0) is 32.7 Å². The Bertz CT molecular complexity index is 1240. The number of hydrogen-bond donors (Lipinski definition) is 6. The molecule has 71 heavy (non-hydrogen) atoms. The molecule has 0 radical (unpaired) electrons. The molecule has 0 aliphatic heterocycles. The first-order chi connectivity index (χ1) is 34.4. The molecule has 14 heteroatoms. The van der Waals surface area contributed by atoms with Crippen LogP contribution in [0.4, 0.5) is 0 Å². The minimum Gasteiger partial charge on any atom is -0.462 e. The van der Waals surface area contributed by atoms with E-state index in [0.717, 1.165) is 38.5 Å². The van der Waals surface area contributed by atoms with Crippen LogP contribution in [0.25, 0.3) is 0 Å². The Balaban J connectivity index is 2.30. The van der Waals surface area contributed by atoms with Gasteiger partial charge in [0.05, 0.1) is 6.61 Å². The Morgan fingerprint density at radius 3 is 0.930 bits per heavy atom. The summed E-state index contributed by atoms with van der Waals surface area (Å²) in [6.45, 7) is 3.38. The van der Waals surface area contributed by atoms with Gasteiger partial charge in [-0.05, 0) is 12.8 Å². The van der Waals surface area contributed by atoms with Crippen molar-refractivity contribution in [3.63, 3.8) is 0 Å². The Morgan fingerprint density at radius 1 is 0.380 bits per heavy atom. The van der Waals surface area contributed by atoms with Crippen LogP contribution in [-0.4, -0.2) is 98.3 Å². The number of hydrogen-bond acceptors (Lipinski definition) is 12. The Labute approximate surface area is 433 Å². The van der Waals surface area contributed by atoms with E-state index in [9.17, 15) is 44.6 Å². The number of unbranched alkanes of at least 4 members (excludes halogenated alkanes) is 40. The highest BCUT2D eigenvalue weighted by atomic mass is 31.2. The van der Waals surface area contributed by atoms with Gasteiger partial charge in [-0.2, -0.15) is 0 Å². The zero-order chi connectivity index (χ0) is 52.1. The summed E-state index contributed by atoms with van der Waals surface area (Å²) in [7, 11) is -5.12. The third kappa shape index (κ3) is 39.0. The maximum absolute atomic E-state index is 12.9. The molecule has 1 aliphatic carbocycles. The van der Waals surface area contributed by atoms with E-state index in [-0.39, 0.29) is 12.8 Å². The number of ether oxygens (including phenoxy) is 2. The minimum absolute atomic E-state index is 0.106. The second-order valence-electron chi connectivity index (χ2n) is 21.2. The van der Waals surface area contributed by atoms with Crippen molar-refractivity contribution >= 4 is 19.8 Å². The summed E-state index contributed by atoms with van der Waals surface area (Å²) in [6.07, 6.45) is 40.1. The van der Waals surface area contributed by atoms with Crippen LogP contribution in [0, 0.1) is 0 Å². The van der Waals surface area contributed by atoms with Gasteiger partial charge in [-0.25, -0.2) is 4.57 Å². The number of rotatable bonds is 52. The molecule has 1 fully saturated rings. The molecule has 13 nitrogen and oxygen atoms in total. The third-order valence-electron chi connectivity index (χ3n) is 14.4. The fourth-order valence-electron chi connectivity index (χ4n) is 9.70. The first-order valence-electron chi connectivity index (χ1n) is 29.8. The molecule has 6 N–H and O–H groups in total. The van der Waals surface area contributed by atoms with Gasteiger partial charge in [0.1, 0.15) is 43.2 Å². The van der Waals surface area contributed by atoms with Crippen molar-refractivity contribution in [2.75, 3.05) is 13.2 Å². The maximum Gasteiger partial charge on any atom is 0.472 e. The number of aliphatic hydroxyl groups excluding tert-OH is 5. The van der Waals surface area contributed by atoms with Crippen molar-refractivity contribution in [2.24, 2.45) is 0 Å². The van der Waals surface area contributed by atoms with E-state index in [0.29, 0.717) is 12.8 Å². The Hall–Kier alpha value is -1.15. The van der Waals surface area contributed by atoms with Gasteiger partial charge in [0.25, 0.3) is 0 Å². The first-order valence-corrected chi connectivity index (χ1v) is 31.3. The Morgan fingerprint density at radius 2 is 0.634 bits per heavy atom. The fourth-order valence-corrected chi connectivity index (χ4v) is 10.7. The molecule has 0 spiro atoms. The van der Waals surface area contributed by atoms with E-state index in [1.165, 1.54) is 218 Å². The van der Waals surface area contributed by atoms with Gasteiger partial charge in [0.2, 0.25) is 0 Å². The van der Waals surface area contributed by atoms with Crippen molar-refractivity contribution in [3.05, 3.63) is 0 Å². The topological polar surface area (TPSA) is 210 Å². The van der Waals surface area contributed by atoms with Crippen LogP contribution in [0.1, 0.15) is 296 Å². The fraction of sp³-hybridized carbons (Fsp3) is 0.965. The highest BCUT2D eigenvalue weighted by molar-refractivity contribution is 7.47. The van der Waals surface area contributed by atoms with E-state index in [2.05, 4.69) is 13.8 Å². The smallest absolute Gasteiger partial charge is 0.462 e. The molecule has 1 aliphatic rings. The van der Waals surface area contributed by atoms with Crippen molar-refractivity contribution in [3.8, 4) is 0 Å². The molecule has 0 amide bonds. The molecular formula is C57H111O13P. The molecule has 422 valence electrons. The van der Waals surface area contributed by atoms with E-state index in [1.54, 1.807) is 0 Å². The molecule has 0 heterocycles. The molecule has 6 unspecified atom stereocenters. The molecule has 8 atom stereocenters. The van der Waals surface area contributed by atoms with E-state index in [1.807, 2.05) is 0 Å². The van der Waals surface area contributed by atoms with Gasteiger partial charge < -0.3 is 39.9 Å². The first kappa shape index (κ1) is 67.9. The summed E-state index contributed by atoms with van der Waals surface area (Å²) in [6, 6.07) is 0. The number of carbonyl (C=O) groups excluding carboxylic acids is 2. The van der Waals surface area contributed by atoms with Crippen LogP contribution in [0.5, 0.6) is 0 Å². The van der Waals surface area contributed by atoms with Crippen LogP contribution < -0.4 is 0 Å². The van der Waals surface area contributed by atoms with Gasteiger partial charge in [-0.1, -0.05) is 271 Å². The predicted molar refractivity (Wildman–Crippen MR) is 286 cm³/mol. The lowest BCUT2D eigenvalue weighted by Gasteiger charge is -2.41. The summed E-state index contributed by atoms with van der Waals surface area (Å²) in [5.41, 5.74) is 0. The summed E-state index contributed by atoms with van der Waals surface area (Å²) in [4.78, 5) is 36.0. The number of esters is 2. The van der Waals surface area contributed by atoms with Crippen LogP contribution in [0.3, 0.4) is 0 Å². The normalized spacial score (nSPS) is 20.5. The van der Waals surface area contributed by atoms with Crippen molar-refractivity contribution in [1.82, 2.24) is 0 Å². The summed E-state index contributed by atoms with van der Waals surface area (Å²) in [5, 5.41) is 50.4. The standard InChI is InChI=1S/C57H111O13P/c1-3-5-7-9-11-13-15-17-19-21-23-25-26-28-29-31-33-35-37-39-41-43-45-50(58)67-47-49(48-68-71(65,66)70-57-55(63)53(61)52(60)54(62)56(57)64)69-51(59)46-44-42-40-38-36-34-32-30-27-24-22-20-18-16-14-12-10-8-6-4-2/h49,52-57,60-64H,3-48H2,1-2H3,(H,65,66)/t49-,52?,53-,54?,55?,56?,57?/m0/s1. The average Bonchev–Trinajstić information content (AvgIpc) is 3.35. The van der Waals surface area contributed by atoms with Crippen molar-refractivity contribution < 1.29 is 63.1 Å². The molecule has 1 saturated carbocycles. The third-order valence-corrected chi connectivity index (χ3v) is 15.4. The van der Waals surface area contributed by atoms with Crippen molar-refractivity contribution in [2.45, 2.75) is 339 Å². The van der Waals surface area contributed by atoms with Gasteiger partial charge in [-0.3, -0.25) is 18.6 Å². The average molecular weight is 1040 g/mol. The number of aliphatic hydroxyl groups is 5. The second kappa shape index (κ2) is 47.3. The molecule has 0 aromatic heterocycles. The van der Waals surface area contributed by atoms with Crippen LogP contribution in [0.2, 0.25) is 0 Å². The van der Waals surface area contributed by atoms with E-state index < -0.39 is 75.7 Å². The van der Waals surface area contributed by atoms with Gasteiger partial charge in [-0.15, -0.1) is 0 Å². The molecule has 1 rings (SSSR count). The quantitative estimate of drug-likeness (QED) is 0.0191. The number of carbonyl (C=O) groups is 2. The van der Waals surface area contributed by atoms with Crippen molar-refractivity contribution in [1.29, 1.82) is 0 Å². The predicted octanol–water partition coefficient (Wildman–Crippen LogP) is 14.0. The van der Waals surface area contributed by atoms with Gasteiger partial charge in [0, 0.05) is 12.8 Å². The SMILES string of the molecule is CCCCCCCCCCCCCCCCCCCCCCCCC(=O)OC[C@@H](COP(=O)(O)OC1C(O)C(O)C(O)[C@H](O)C1O)OC(=O)CCCCCCCCCCCCCCCCCCCCCC. The number of phosphoric acid groups is 1. The van der Waals surface area contributed by atoms with Gasteiger partial charge >= 0.3 is 19.8 Å². The van der Waals surface area contributed by atoms with E-state index >= 15 is 0 Å². The highest BCUT2D eigenvalue weighted by Crippen LogP contribution is 2.47. The lowest BCUT2D eigenvalue weighted by molar-refractivity contribution is -0.220. The zero-order valence-corrected chi connectivity index (χ0v) is 46.5. The van der Waals surface area contributed by atoms with Crippen LogP contribution >= 0.6 is 7.82 Å². The minimum atomic E-state index is -5.12. The monoisotopic (exact) mass is 1030 g/mol. The Kier molecular flexibility index (Phi) is 45.2. The molecule has 0 aromatic rings. The lowest BCUT2D eigenvalue weighted by atomic mass is 9.85. The van der Waals surface area contributed by atoms with E-state index in [4.69, 9.17) is 18.5 Å². The second-order valence-corrected chi connectivity index (χ2v) is 22.6. The zero-order valence-electron chi connectivity index (χ0n) is 45.6. The summed E-state index contributed by atoms with van der Waals surface area (Å²) in [5.74, 6) is -1.07. The lowest BCUT2D eigenvalue weighted by Crippen LogP contribution is -2.64.